The predicted molar refractivity (Wildman–Crippen MR) is 135 cm³/mol. The summed E-state index contributed by atoms with van der Waals surface area (Å²) in [5.74, 6) is 0.127. The summed E-state index contributed by atoms with van der Waals surface area (Å²) in [5.41, 5.74) is 6.24. The van der Waals surface area contributed by atoms with Gasteiger partial charge in [-0.3, -0.25) is 9.59 Å². The standard InChI is InChI=1S/C26H27N5O3S/c1-16(26(34)9-11-30(2)25(26)33)13-17-5-3-6-18(14-17)24-28-19(23(27)32)15-22(29-24)31-10-8-20(31)21-7-4-12-35-21/h3-7,12,14-15,20,34H,1,8-11,13H2,2H3,(H2,27,32)/t20-,26+/m0/s1. The first-order chi connectivity index (χ1) is 16.8. The highest BCUT2D eigenvalue weighted by atomic mass is 32.1. The van der Waals surface area contributed by atoms with Gasteiger partial charge in [0, 0.05) is 43.1 Å². The zero-order valence-corrected chi connectivity index (χ0v) is 20.3. The van der Waals surface area contributed by atoms with Crippen LogP contribution in [0.1, 0.15) is 39.8 Å². The maximum atomic E-state index is 12.4. The Morgan fingerprint density at radius 2 is 2.09 bits per heavy atom. The smallest absolute Gasteiger partial charge is 0.267 e. The summed E-state index contributed by atoms with van der Waals surface area (Å²) in [7, 11) is 1.68. The molecule has 2 amide bonds. The molecule has 3 N–H and O–H groups in total. The second kappa shape index (κ2) is 8.90. The third-order valence-corrected chi connectivity index (χ3v) is 7.82. The van der Waals surface area contributed by atoms with Gasteiger partial charge in [-0.15, -0.1) is 11.3 Å². The van der Waals surface area contributed by atoms with Gasteiger partial charge in [-0.05, 0) is 41.5 Å². The third kappa shape index (κ3) is 4.21. The molecule has 2 aliphatic heterocycles. The molecular weight excluding hydrogens is 462 g/mol. The maximum Gasteiger partial charge on any atom is 0.267 e. The fourth-order valence-electron chi connectivity index (χ4n) is 4.67. The van der Waals surface area contributed by atoms with Crippen LogP contribution in [-0.2, 0) is 11.2 Å². The molecular formula is C26H27N5O3S. The van der Waals surface area contributed by atoms with Crippen LogP contribution >= 0.6 is 11.3 Å². The molecule has 3 aromatic rings. The minimum atomic E-state index is -1.55. The minimum absolute atomic E-state index is 0.158. The van der Waals surface area contributed by atoms with Crippen molar-refractivity contribution in [3.8, 4) is 11.4 Å². The number of aliphatic hydroxyl groups is 1. The van der Waals surface area contributed by atoms with E-state index in [0.717, 1.165) is 24.1 Å². The van der Waals surface area contributed by atoms with E-state index in [1.807, 2.05) is 30.3 Å². The summed E-state index contributed by atoms with van der Waals surface area (Å²) in [6.07, 6.45) is 1.67. The molecule has 9 heteroatoms. The van der Waals surface area contributed by atoms with Gasteiger partial charge in [-0.2, -0.15) is 0 Å². The average molecular weight is 490 g/mol. The molecule has 2 fully saturated rings. The van der Waals surface area contributed by atoms with Crippen LogP contribution in [0.15, 0.2) is 60.0 Å². The van der Waals surface area contributed by atoms with Gasteiger partial charge in [-0.1, -0.05) is 30.8 Å². The molecule has 8 nitrogen and oxygen atoms in total. The number of carbonyl (C=O) groups excluding carboxylic acids is 2. The molecule has 2 saturated heterocycles. The third-order valence-electron chi connectivity index (χ3n) is 6.85. The van der Waals surface area contributed by atoms with E-state index in [1.54, 1.807) is 24.5 Å². The summed E-state index contributed by atoms with van der Waals surface area (Å²) in [4.78, 5) is 38.6. The van der Waals surface area contributed by atoms with E-state index in [2.05, 4.69) is 27.9 Å². The fraction of sp³-hybridized carbons (Fsp3) is 0.308. The molecule has 0 spiro atoms. The highest BCUT2D eigenvalue weighted by molar-refractivity contribution is 7.10. The van der Waals surface area contributed by atoms with Crippen LogP contribution in [0, 0.1) is 0 Å². The number of rotatable bonds is 7. The Kier molecular flexibility index (Phi) is 5.90. The van der Waals surface area contributed by atoms with E-state index < -0.39 is 11.5 Å². The van der Waals surface area contributed by atoms with Gasteiger partial charge in [0.05, 0.1) is 6.04 Å². The molecule has 2 aliphatic rings. The van der Waals surface area contributed by atoms with Gasteiger partial charge in [0.1, 0.15) is 11.5 Å². The number of carbonyl (C=O) groups is 2. The van der Waals surface area contributed by atoms with Gasteiger partial charge >= 0.3 is 0 Å². The van der Waals surface area contributed by atoms with Crippen molar-refractivity contribution in [3.05, 3.63) is 76.1 Å². The van der Waals surface area contributed by atoms with Crippen LogP contribution in [0.2, 0.25) is 0 Å². The number of amides is 2. The van der Waals surface area contributed by atoms with Crippen molar-refractivity contribution in [1.29, 1.82) is 0 Å². The lowest BCUT2D eigenvalue weighted by Crippen LogP contribution is -2.41. The van der Waals surface area contributed by atoms with Gasteiger partial charge in [-0.25, -0.2) is 9.97 Å². The van der Waals surface area contributed by atoms with Gasteiger partial charge < -0.3 is 20.6 Å². The van der Waals surface area contributed by atoms with Crippen molar-refractivity contribution in [2.45, 2.75) is 30.9 Å². The zero-order chi connectivity index (χ0) is 24.7. The number of likely N-dealkylation sites (N-methyl/N-ethyl adjacent to an activating group) is 1. The maximum absolute atomic E-state index is 12.4. The molecule has 35 heavy (non-hydrogen) atoms. The summed E-state index contributed by atoms with van der Waals surface area (Å²) >= 11 is 1.70. The highest BCUT2D eigenvalue weighted by Gasteiger charge is 2.45. The first kappa shape index (κ1) is 23.2. The largest absolute Gasteiger partial charge is 0.376 e. The van der Waals surface area contributed by atoms with Crippen molar-refractivity contribution < 1.29 is 14.7 Å². The Bertz CT molecular complexity index is 1310. The van der Waals surface area contributed by atoms with E-state index in [0.29, 0.717) is 36.6 Å². The number of hydrogen-bond acceptors (Lipinski definition) is 7. The van der Waals surface area contributed by atoms with Crippen molar-refractivity contribution in [2.24, 2.45) is 5.73 Å². The number of aromatic nitrogens is 2. The lowest BCUT2D eigenvalue weighted by molar-refractivity contribution is -0.139. The molecule has 180 valence electrons. The van der Waals surface area contributed by atoms with Gasteiger partial charge in [0.15, 0.2) is 11.4 Å². The first-order valence-electron chi connectivity index (χ1n) is 11.5. The Hall–Kier alpha value is -3.56. The number of likely N-dealkylation sites (tertiary alicyclic amines) is 1. The highest BCUT2D eigenvalue weighted by Crippen LogP contribution is 2.39. The van der Waals surface area contributed by atoms with Crippen molar-refractivity contribution in [1.82, 2.24) is 14.9 Å². The first-order valence-corrected chi connectivity index (χ1v) is 12.4. The van der Waals surface area contributed by atoms with E-state index in [4.69, 9.17) is 10.7 Å². The molecule has 0 aliphatic carbocycles. The Morgan fingerprint density at radius 1 is 1.26 bits per heavy atom. The van der Waals surface area contributed by atoms with E-state index >= 15 is 0 Å². The molecule has 2 aromatic heterocycles. The van der Waals surface area contributed by atoms with Crippen molar-refractivity contribution in [3.63, 3.8) is 0 Å². The van der Waals surface area contributed by atoms with E-state index in [-0.39, 0.29) is 17.6 Å². The number of hydrogen-bond donors (Lipinski definition) is 2. The minimum Gasteiger partial charge on any atom is -0.376 e. The van der Waals surface area contributed by atoms with E-state index in [9.17, 15) is 14.7 Å². The number of nitrogens with zero attached hydrogens (tertiary/aromatic N) is 4. The number of anilines is 1. The summed E-state index contributed by atoms with van der Waals surface area (Å²) in [5, 5.41) is 13.0. The van der Waals surface area contributed by atoms with Gasteiger partial charge in [0.2, 0.25) is 0 Å². The second-order valence-electron chi connectivity index (χ2n) is 9.13. The van der Waals surface area contributed by atoms with Crippen LogP contribution in [0.25, 0.3) is 11.4 Å². The van der Waals surface area contributed by atoms with Crippen LogP contribution in [0.4, 0.5) is 5.82 Å². The average Bonchev–Trinajstić information content (AvgIpc) is 3.43. The topological polar surface area (TPSA) is 113 Å². The van der Waals surface area contributed by atoms with Crippen LogP contribution in [0.3, 0.4) is 0 Å². The Labute approximate surface area is 207 Å². The second-order valence-corrected chi connectivity index (χ2v) is 10.1. The Balaban J connectivity index is 1.44. The van der Waals surface area contributed by atoms with Crippen LogP contribution in [0.5, 0.6) is 0 Å². The monoisotopic (exact) mass is 489 g/mol. The Morgan fingerprint density at radius 3 is 2.71 bits per heavy atom. The number of thiophene rings is 1. The van der Waals surface area contributed by atoms with Crippen molar-refractivity contribution >= 4 is 29.0 Å². The molecule has 0 saturated carbocycles. The molecule has 2 atom stereocenters. The number of primary amides is 1. The molecule has 1 aromatic carbocycles. The predicted octanol–water partition coefficient (Wildman–Crippen LogP) is 2.95. The van der Waals surface area contributed by atoms with E-state index in [1.165, 1.54) is 9.78 Å². The molecule has 5 rings (SSSR count). The number of nitrogens with two attached hydrogens (primary N) is 1. The summed E-state index contributed by atoms with van der Waals surface area (Å²) in [6.45, 7) is 5.35. The fourth-order valence-corrected chi connectivity index (χ4v) is 5.54. The lowest BCUT2D eigenvalue weighted by Gasteiger charge is -2.41. The number of benzene rings is 1. The van der Waals surface area contributed by atoms with Crippen LogP contribution in [-0.4, -0.2) is 57.5 Å². The van der Waals surface area contributed by atoms with Crippen molar-refractivity contribution in [2.75, 3.05) is 25.0 Å². The summed E-state index contributed by atoms with van der Waals surface area (Å²) < 4.78 is 0. The molecule has 0 unspecified atom stereocenters. The quantitative estimate of drug-likeness (QED) is 0.494. The van der Waals surface area contributed by atoms with Gasteiger partial charge in [0.25, 0.3) is 11.8 Å². The lowest BCUT2D eigenvalue weighted by atomic mass is 9.88. The molecule has 4 heterocycles. The molecule has 0 radical (unpaired) electrons. The van der Waals surface area contributed by atoms with Crippen LogP contribution < -0.4 is 10.6 Å². The molecule has 0 bridgehead atoms. The SMILES string of the molecule is C=C(Cc1cccc(-c2nc(C(N)=O)cc(N3CC[C@H]3c3cccs3)n2)c1)[C@]1(O)CCN(C)C1=O. The normalized spacial score (nSPS) is 21.8. The summed E-state index contributed by atoms with van der Waals surface area (Å²) in [6, 6.07) is 13.5. The zero-order valence-electron chi connectivity index (χ0n) is 19.5.